The van der Waals surface area contributed by atoms with Crippen LogP contribution in [0.2, 0.25) is 0 Å². The molecule has 0 saturated carbocycles. The van der Waals surface area contributed by atoms with Gasteiger partial charge in [-0.05, 0) is 0 Å². The number of hydrogen-bond acceptors (Lipinski definition) is 6. The molecule has 0 radical (unpaired) electrons. The summed E-state index contributed by atoms with van der Waals surface area (Å²) in [5.41, 5.74) is 0. The van der Waals surface area contributed by atoms with Crippen LogP contribution in [-0.2, 0) is 9.84 Å². The molecule has 0 amide bonds. The molecule has 7 heteroatoms. The maximum atomic E-state index is 10.9. The van der Waals surface area contributed by atoms with Crippen molar-refractivity contribution in [1.29, 1.82) is 0 Å². The first-order valence-corrected chi connectivity index (χ1v) is 7.36. The Morgan fingerprint density at radius 3 is 2.80 bits per heavy atom. The van der Waals surface area contributed by atoms with Gasteiger partial charge in [-0.15, -0.1) is 11.8 Å². The zero-order chi connectivity index (χ0) is 11.3. The van der Waals surface area contributed by atoms with Gasteiger partial charge in [-0.2, -0.15) is 0 Å². The van der Waals surface area contributed by atoms with E-state index >= 15 is 0 Å². The standard InChI is InChI=1S/C8H13N3O2S2/c1-9-7-5-8(11-6-10-7)14-3-4-15(2,12)13/h5-6H,3-4H2,1-2H3,(H,9,10,11). The van der Waals surface area contributed by atoms with Gasteiger partial charge in [0.05, 0.1) is 5.75 Å². The highest BCUT2D eigenvalue weighted by Gasteiger charge is 2.03. The third kappa shape index (κ3) is 4.98. The van der Waals surface area contributed by atoms with Crippen molar-refractivity contribution in [3.05, 3.63) is 12.4 Å². The fraction of sp³-hybridized carbons (Fsp3) is 0.500. The molecule has 1 N–H and O–H groups in total. The molecular weight excluding hydrogens is 234 g/mol. The number of anilines is 1. The molecule has 84 valence electrons. The molecule has 0 bridgehead atoms. The molecule has 15 heavy (non-hydrogen) atoms. The van der Waals surface area contributed by atoms with Crippen LogP contribution in [0.15, 0.2) is 17.4 Å². The minimum absolute atomic E-state index is 0.163. The number of sulfone groups is 1. The van der Waals surface area contributed by atoms with Crippen LogP contribution < -0.4 is 5.32 Å². The van der Waals surface area contributed by atoms with E-state index in [1.54, 1.807) is 13.1 Å². The van der Waals surface area contributed by atoms with Crippen molar-refractivity contribution in [2.24, 2.45) is 0 Å². The number of rotatable bonds is 5. The summed E-state index contributed by atoms with van der Waals surface area (Å²) in [5.74, 6) is 1.40. The maximum absolute atomic E-state index is 10.9. The van der Waals surface area contributed by atoms with Crippen LogP contribution in [0, 0.1) is 0 Å². The minimum Gasteiger partial charge on any atom is -0.373 e. The molecular formula is C8H13N3O2S2. The van der Waals surface area contributed by atoms with Gasteiger partial charge in [-0.25, -0.2) is 18.4 Å². The van der Waals surface area contributed by atoms with Gasteiger partial charge >= 0.3 is 0 Å². The summed E-state index contributed by atoms with van der Waals surface area (Å²) >= 11 is 1.41. The molecule has 0 aromatic carbocycles. The molecule has 0 spiro atoms. The second kappa shape index (κ2) is 5.32. The molecule has 1 aromatic rings. The SMILES string of the molecule is CNc1cc(SCCS(C)(=O)=O)ncn1. The lowest BCUT2D eigenvalue weighted by atomic mass is 10.6. The average Bonchev–Trinajstić information content (AvgIpc) is 2.16. The van der Waals surface area contributed by atoms with E-state index in [-0.39, 0.29) is 5.75 Å². The summed E-state index contributed by atoms with van der Waals surface area (Å²) < 4.78 is 21.8. The maximum Gasteiger partial charge on any atom is 0.148 e. The first-order valence-electron chi connectivity index (χ1n) is 4.31. The molecule has 0 atom stereocenters. The number of hydrogen-bond donors (Lipinski definition) is 1. The molecule has 0 unspecified atom stereocenters. The van der Waals surface area contributed by atoms with Crippen LogP contribution in [0.25, 0.3) is 0 Å². The monoisotopic (exact) mass is 247 g/mol. The van der Waals surface area contributed by atoms with Gasteiger partial charge in [0.2, 0.25) is 0 Å². The van der Waals surface area contributed by atoms with Crippen LogP contribution in [0.1, 0.15) is 0 Å². The highest BCUT2D eigenvalue weighted by Crippen LogP contribution is 2.16. The first-order chi connectivity index (χ1) is 7.01. The molecule has 1 rings (SSSR count). The zero-order valence-electron chi connectivity index (χ0n) is 8.60. The van der Waals surface area contributed by atoms with E-state index in [1.807, 2.05) is 0 Å². The Bertz CT molecular complexity index is 420. The molecule has 0 aliphatic rings. The molecule has 0 aliphatic heterocycles. The number of nitrogens with one attached hydrogen (secondary N) is 1. The van der Waals surface area contributed by atoms with Gasteiger partial charge in [0.25, 0.3) is 0 Å². The quantitative estimate of drug-likeness (QED) is 0.608. The third-order valence-electron chi connectivity index (χ3n) is 1.60. The molecule has 0 saturated heterocycles. The van der Waals surface area contributed by atoms with Crippen LogP contribution in [0.5, 0.6) is 0 Å². The lowest BCUT2D eigenvalue weighted by molar-refractivity contribution is 0.603. The van der Waals surface area contributed by atoms with Crippen molar-refractivity contribution in [3.8, 4) is 0 Å². The normalized spacial score (nSPS) is 11.3. The molecule has 5 nitrogen and oxygen atoms in total. The summed E-state index contributed by atoms with van der Waals surface area (Å²) in [6.07, 6.45) is 2.68. The first kappa shape index (κ1) is 12.3. The Morgan fingerprint density at radius 2 is 2.20 bits per heavy atom. The Morgan fingerprint density at radius 1 is 1.47 bits per heavy atom. The average molecular weight is 247 g/mol. The van der Waals surface area contributed by atoms with Crippen molar-refractivity contribution >= 4 is 27.4 Å². The second-order valence-corrected chi connectivity index (χ2v) is 6.34. The summed E-state index contributed by atoms with van der Waals surface area (Å²) in [6.45, 7) is 0. The van der Waals surface area contributed by atoms with Crippen LogP contribution >= 0.6 is 11.8 Å². The lowest BCUT2D eigenvalue weighted by Crippen LogP contribution is -2.05. The number of aromatic nitrogens is 2. The van der Waals surface area contributed by atoms with Gasteiger partial charge in [0, 0.05) is 25.1 Å². The zero-order valence-corrected chi connectivity index (χ0v) is 10.2. The van der Waals surface area contributed by atoms with Gasteiger partial charge < -0.3 is 5.32 Å². The van der Waals surface area contributed by atoms with E-state index in [0.717, 1.165) is 10.8 Å². The summed E-state index contributed by atoms with van der Waals surface area (Å²) in [6, 6.07) is 1.78. The van der Waals surface area contributed by atoms with E-state index in [2.05, 4.69) is 15.3 Å². The highest BCUT2D eigenvalue weighted by molar-refractivity contribution is 8.00. The molecule has 0 fully saturated rings. The predicted octanol–water partition coefficient (Wildman–Crippen LogP) is 0.655. The van der Waals surface area contributed by atoms with Crippen molar-refractivity contribution in [2.45, 2.75) is 5.03 Å². The van der Waals surface area contributed by atoms with Crippen molar-refractivity contribution < 1.29 is 8.42 Å². The fourth-order valence-corrected chi connectivity index (χ4v) is 2.92. The Kier molecular flexibility index (Phi) is 4.34. The number of nitrogens with zero attached hydrogens (tertiary/aromatic N) is 2. The van der Waals surface area contributed by atoms with Crippen molar-refractivity contribution in [3.63, 3.8) is 0 Å². The van der Waals surface area contributed by atoms with Crippen LogP contribution in [-0.4, -0.2) is 43.2 Å². The van der Waals surface area contributed by atoms with Gasteiger partial charge in [-0.3, -0.25) is 0 Å². The minimum atomic E-state index is -2.89. The summed E-state index contributed by atoms with van der Waals surface area (Å²) in [7, 11) is -1.12. The van der Waals surface area contributed by atoms with E-state index < -0.39 is 9.84 Å². The largest absolute Gasteiger partial charge is 0.373 e. The van der Waals surface area contributed by atoms with Crippen LogP contribution in [0.3, 0.4) is 0 Å². The van der Waals surface area contributed by atoms with E-state index in [1.165, 1.54) is 24.3 Å². The Balaban J connectivity index is 2.51. The van der Waals surface area contributed by atoms with Crippen molar-refractivity contribution in [1.82, 2.24) is 9.97 Å². The predicted molar refractivity (Wildman–Crippen MR) is 62.0 cm³/mol. The Labute approximate surface area is 93.6 Å². The number of thioether (sulfide) groups is 1. The third-order valence-corrected chi connectivity index (χ3v) is 3.73. The lowest BCUT2D eigenvalue weighted by Gasteiger charge is -2.02. The summed E-state index contributed by atoms with van der Waals surface area (Å²) in [5, 5.41) is 3.67. The van der Waals surface area contributed by atoms with E-state index in [0.29, 0.717) is 5.75 Å². The van der Waals surface area contributed by atoms with E-state index in [9.17, 15) is 8.42 Å². The topological polar surface area (TPSA) is 72.0 Å². The van der Waals surface area contributed by atoms with Crippen LogP contribution in [0.4, 0.5) is 5.82 Å². The van der Waals surface area contributed by atoms with Gasteiger partial charge in [-0.1, -0.05) is 0 Å². The fourth-order valence-electron chi connectivity index (χ4n) is 0.853. The van der Waals surface area contributed by atoms with Crippen molar-refractivity contribution in [2.75, 3.05) is 30.1 Å². The summed E-state index contributed by atoms with van der Waals surface area (Å²) in [4.78, 5) is 7.98. The second-order valence-electron chi connectivity index (χ2n) is 2.97. The van der Waals surface area contributed by atoms with Gasteiger partial charge in [0.15, 0.2) is 0 Å². The molecule has 0 aliphatic carbocycles. The molecule has 1 aromatic heterocycles. The van der Waals surface area contributed by atoms with Gasteiger partial charge in [0.1, 0.15) is 27.0 Å². The Hall–Kier alpha value is -0.820. The molecule has 1 heterocycles. The smallest absolute Gasteiger partial charge is 0.148 e. The highest BCUT2D eigenvalue weighted by atomic mass is 32.2. The van der Waals surface area contributed by atoms with E-state index in [4.69, 9.17) is 0 Å².